The van der Waals surface area contributed by atoms with E-state index < -0.39 is 0 Å². The first-order chi connectivity index (χ1) is 8.38. The highest BCUT2D eigenvalue weighted by Crippen LogP contribution is 2.27. The first-order valence-electron chi connectivity index (χ1n) is 7.72. The minimum Gasteiger partial charge on any atom is -0.314 e. The molecule has 0 bridgehead atoms. The van der Waals surface area contributed by atoms with Crippen molar-refractivity contribution < 1.29 is 0 Å². The monoisotopic (exact) mass is 237 g/mol. The van der Waals surface area contributed by atoms with Crippen LogP contribution < -0.4 is 5.32 Å². The molecule has 0 saturated heterocycles. The van der Waals surface area contributed by atoms with Gasteiger partial charge in [-0.15, -0.1) is 6.58 Å². The molecule has 100 valence electrons. The predicted molar refractivity (Wildman–Crippen MR) is 77.3 cm³/mol. The van der Waals surface area contributed by atoms with Crippen LogP contribution >= 0.6 is 0 Å². The Morgan fingerprint density at radius 3 is 2.53 bits per heavy atom. The molecule has 0 aromatic heterocycles. The molecule has 0 aromatic rings. The van der Waals surface area contributed by atoms with Gasteiger partial charge in [-0.05, 0) is 51.0 Å². The molecule has 1 nitrogen and oxygen atoms in total. The SMILES string of the molecule is C=CCCCC(NCCC)C1CCCCCC1. The molecule has 1 fully saturated rings. The summed E-state index contributed by atoms with van der Waals surface area (Å²) in [7, 11) is 0. The van der Waals surface area contributed by atoms with Gasteiger partial charge in [-0.3, -0.25) is 0 Å². The van der Waals surface area contributed by atoms with Crippen LogP contribution in [0.2, 0.25) is 0 Å². The van der Waals surface area contributed by atoms with E-state index in [1.54, 1.807) is 0 Å². The van der Waals surface area contributed by atoms with Gasteiger partial charge >= 0.3 is 0 Å². The van der Waals surface area contributed by atoms with E-state index in [4.69, 9.17) is 0 Å². The van der Waals surface area contributed by atoms with Gasteiger partial charge in [0.1, 0.15) is 0 Å². The summed E-state index contributed by atoms with van der Waals surface area (Å²) < 4.78 is 0. The smallest absolute Gasteiger partial charge is 0.00954 e. The highest BCUT2D eigenvalue weighted by molar-refractivity contribution is 4.79. The topological polar surface area (TPSA) is 12.0 Å². The second-order valence-electron chi connectivity index (χ2n) is 5.53. The maximum absolute atomic E-state index is 3.83. The van der Waals surface area contributed by atoms with Gasteiger partial charge in [0.25, 0.3) is 0 Å². The maximum Gasteiger partial charge on any atom is 0.00954 e. The molecule has 1 unspecified atom stereocenters. The van der Waals surface area contributed by atoms with Crippen LogP contribution in [0.25, 0.3) is 0 Å². The number of nitrogens with one attached hydrogen (secondary N) is 1. The maximum atomic E-state index is 3.83. The van der Waals surface area contributed by atoms with Crippen LogP contribution in [0, 0.1) is 5.92 Å². The summed E-state index contributed by atoms with van der Waals surface area (Å²) in [5.74, 6) is 0.939. The molecule has 1 saturated carbocycles. The van der Waals surface area contributed by atoms with Crippen LogP contribution in [-0.2, 0) is 0 Å². The Kier molecular flexibility index (Phi) is 8.42. The van der Waals surface area contributed by atoms with Gasteiger partial charge in [-0.25, -0.2) is 0 Å². The number of rotatable bonds is 8. The van der Waals surface area contributed by atoms with Gasteiger partial charge in [0.15, 0.2) is 0 Å². The number of hydrogen-bond donors (Lipinski definition) is 1. The molecule has 1 rings (SSSR count). The molecular weight excluding hydrogens is 206 g/mol. The van der Waals surface area contributed by atoms with Crippen LogP contribution in [-0.4, -0.2) is 12.6 Å². The lowest BCUT2D eigenvalue weighted by Gasteiger charge is -2.27. The van der Waals surface area contributed by atoms with Crippen LogP contribution in [0.3, 0.4) is 0 Å². The van der Waals surface area contributed by atoms with Crippen LogP contribution in [0.15, 0.2) is 12.7 Å². The zero-order chi connectivity index (χ0) is 12.3. The van der Waals surface area contributed by atoms with Crippen molar-refractivity contribution in [3.63, 3.8) is 0 Å². The standard InChI is InChI=1S/C16H31N/c1-3-5-8-13-16(17-14-4-2)15-11-9-6-7-10-12-15/h3,15-17H,1,4-14H2,2H3. The molecule has 0 radical (unpaired) electrons. The van der Waals surface area contributed by atoms with E-state index in [1.165, 1.54) is 70.8 Å². The first kappa shape index (κ1) is 14.8. The van der Waals surface area contributed by atoms with E-state index in [1.807, 2.05) is 0 Å². The van der Waals surface area contributed by atoms with Crippen molar-refractivity contribution in [3.8, 4) is 0 Å². The summed E-state index contributed by atoms with van der Waals surface area (Å²) in [4.78, 5) is 0. The Balaban J connectivity index is 2.37. The summed E-state index contributed by atoms with van der Waals surface area (Å²) >= 11 is 0. The normalized spacial score (nSPS) is 19.8. The van der Waals surface area contributed by atoms with Gasteiger partial charge in [0, 0.05) is 6.04 Å². The average Bonchev–Trinajstić information content (AvgIpc) is 2.62. The summed E-state index contributed by atoms with van der Waals surface area (Å²) in [5, 5.41) is 3.79. The molecule has 1 heteroatoms. The molecular formula is C16H31N. The third kappa shape index (κ3) is 6.26. The summed E-state index contributed by atoms with van der Waals surface area (Å²) in [6.45, 7) is 7.28. The van der Waals surface area contributed by atoms with Crippen LogP contribution in [0.5, 0.6) is 0 Å². The largest absolute Gasteiger partial charge is 0.314 e. The lowest BCUT2D eigenvalue weighted by atomic mass is 9.88. The van der Waals surface area contributed by atoms with E-state index >= 15 is 0 Å². The fourth-order valence-electron chi connectivity index (χ4n) is 3.03. The fraction of sp³-hybridized carbons (Fsp3) is 0.875. The number of unbranched alkanes of at least 4 members (excludes halogenated alkanes) is 1. The predicted octanol–water partition coefficient (Wildman–Crippen LogP) is 4.68. The van der Waals surface area contributed by atoms with Gasteiger partial charge in [0.2, 0.25) is 0 Å². The molecule has 0 aliphatic heterocycles. The second kappa shape index (κ2) is 9.70. The van der Waals surface area contributed by atoms with Crippen molar-refractivity contribution in [2.24, 2.45) is 5.92 Å². The van der Waals surface area contributed by atoms with Gasteiger partial charge in [-0.1, -0.05) is 38.7 Å². The van der Waals surface area contributed by atoms with Crippen molar-refractivity contribution in [2.75, 3.05) is 6.54 Å². The Hall–Kier alpha value is -0.300. The zero-order valence-electron chi connectivity index (χ0n) is 11.7. The quantitative estimate of drug-likeness (QED) is 0.367. The van der Waals surface area contributed by atoms with E-state index in [0.29, 0.717) is 0 Å². The van der Waals surface area contributed by atoms with Crippen LogP contribution in [0.1, 0.15) is 71.1 Å². The first-order valence-corrected chi connectivity index (χ1v) is 7.72. The third-order valence-electron chi connectivity index (χ3n) is 4.05. The minimum atomic E-state index is 0.771. The Morgan fingerprint density at radius 1 is 1.24 bits per heavy atom. The van der Waals surface area contributed by atoms with Gasteiger partial charge < -0.3 is 5.32 Å². The Morgan fingerprint density at radius 2 is 1.94 bits per heavy atom. The summed E-state index contributed by atoms with van der Waals surface area (Å²) in [6.07, 6.45) is 15.9. The molecule has 1 aliphatic carbocycles. The zero-order valence-corrected chi connectivity index (χ0v) is 11.7. The molecule has 17 heavy (non-hydrogen) atoms. The molecule has 0 spiro atoms. The van der Waals surface area contributed by atoms with Gasteiger partial charge in [0.05, 0.1) is 0 Å². The Labute approximate surface area is 108 Å². The van der Waals surface area contributed by atoms with E-state index in [0.717, 1.165) is 12.0 Å². The summed E-state index contributed by atoms with van der Waals surface area (Å²) in [5.41, 5.74) is 0. The lowest BCUT2D eigenvalue weighted by Crippen LogP contribution is -2.36. The highest BCUT2D eigenvalue weighted by Gasteiger charge is 2.21. The van der Waals surface area contributed by atoms with Crippen molar-refractivity contribution in [2.45, 2.75) is 77.2 Å². The highest BCUT2D eigenvalue weighted by atomic mass is 14.9. The van der Waals surface area contributed by atoms with E-state index in [9.17, 15) is 0 Å². The van der Waals surface area contributed by atoms with Crippen molar-refractivity contribution >= 4 is 0 Å². The molecule has 0 heterocycles. The molecule has 0 aromatic carbocycles. The Bertz CT molecular complexity index is 180. The lowest BCUT2D eigenvalue weighted by molar-refractivity contribution is 0.300. The van der Waals surface area contributed by atoms with E-state index in [-0.39, 0.29) is 0 Å². The molecule has 0 amide bonds. The second-order valence-corrected chi connectivity index (χ2v) is 5.53. The minimum absolute atomic E-state index is 0.771. The molecule has 1 atom stereocenters. The number of hydrogen-bond acceptors (Lipinski definition) is 1. The van der Waals surface area contributed by atoms with Gasteiger partial charge in [-0.2, -0.15) is 0 Å². The van der Waals surface area contributed by atoms with Crippen molar-refractivity contribution in [1.29, 1.82) is 0 Å². The van der Waals surface area contributed by atoms with Crippen molar-refractivity contribution in [3.05, 3.63) is 12.7 Å². The van der Waals surface area contributed by atoms with Crippen LogP contribution in [0.4, 0.5) is 0 Å². The number of allylic oxidation sites excluding steroid dienone is 1. The third-order valence-corrected chi connectivity index (χ3v) is 4.05. The molecule has 1 N–H and O–H groups in total. The average molecular weight is 237 g/mol. The van der Waals surface area contributed by atoms with E-state index in [2.05, 4.69) is 24.9 Å². The fourth-order valence-corrected chi connectivity index (χ4v) is 3.03. The summed E-state index contributed by atoms with van der Waals surface area (Å²) in [6, 6.07) is 0.771. The molecule has 1 aliphatic rings. The van der Waals surface area contributed by atoms with Crippen molar-refractivity contribution in [1.82, 2.24) is 5.32 Å².